The Morgan fingerprint density at radius 3 is 2.85 bits per heavy atom. The second-order valence-electron chi connectivity index (χ2n) is 7.54. The smallest absolute Gasteiger partial charge is 0.270 e. The van der Waals surface area contributed by atoms with E-state index < -0.39 is 0 Å². The average molecular weight is 365 g/mol. The van der Waals surface area contributed by atoms with Gasteiger partial charge in [0.25, 0.3) is 5.91 Å². The largest absolute Gasteiger partial charge is 0.381 e. The number of nitrogens with zero attached hydrogens (tertiary/aromatic N) is 4. The molecule has 2 aliphatic rings. The number of rotatable bonds is 2. The van der Waals surface area contributed by atoms with Crippen LogP contribution in [0, 0.1) is 0 Å². The molecule has 3 aromatic rings. The molecular weight excluding hydrogens is 342 g/mol. The van der Waals surface area contributed by atoms with Gasteiger partial charge in [0, 0.05) is 36.6 Å². The maximum absolute atomic E-state index is 13.1. The Morgan fingerprint density at radius 1 is 1.22 bits per heavy atom. The van der Waals surface area contributed by atoms with Crippen molar-refractivity contribution in [1.29, 1.82) is 0 Å². The molecule has 1 amide bonds. The summed E-state index contributed by atoms with van der Waals surface area (Å²) in [7, 11) is 0. The zero-order valence-corrected chi connectivity index (χ0v) is 15.4. The number of aromatic amines is 1. The van der Waals surface area contributed by atoms with Crippen molar-refractivity contribution in [3.63, 3.8) is 0 Å². The molecule has 1 atom stereocenters. The summed E-state index contributed by atoms with van der Waals surface area (Å²) in [4.78, 5) is 18.2. The highest BCUT2D eigenvalue weighted by Crippen LogP contribution is 2.31. The first-order valence-electron chi connectivity index (χ1n) is 9.59. The Balaban J connectivity index is 1.41. The first-order valence-corrected chi connectivity index (χ1v) is 9.59. The molecule has 0 aliphatic carbocycles. The van der Waals surface area contributed by atoms with E-state index in [9.17, 15) is 4.79 Å². The van der Waals surface area contributed by atoms with Crippen LogP contribution in [-0.4, -0.2) is 50.3 Å². The van der Waals surface area contributed by atoms with Crippen LogP contribution in [0.2, 0.25) is 0 Å². The van der Waals surface area contributed by atoms with Crippen LogP contribution in [0.15, 0.2) is 30.3 Å². The van der Waals surface area contributed by atoms with E-state index in [2.05, 4.69) is 26.7 Å². The first-order chi connectivity index (χ1) is 13.2. The molecule has 5 rings (SSSR count). The third-order valence-corrected chi connectivity index (χ3v) is 5.68. The van der Waals surface area contributed by atoms with Gasteiger partial charge >= 0.3 is 0 Å². The van der Waals surface area contributed by atoms with Gasteiger partial charge in [0.15, 0.2) is 5.82 Å². The lowest BCUT2D eigenvalue weighted by Crippen LogP contribution is -2.41. The lowest BCUT2D eigenvalue weighted by molar-refractivity contribution is 0.0664. The van der Waals surface area contributed by atoms with E-state index in [4.69, 9.17) is 4.74 Å². The zero-order chi connectivity index (χ0) is 18.4. The van der Waals surface area contributed by atoms with Gasteiger partial charge in [0.2, 0.25) is 0 Å². The molecule has 2 aliphatic heterocycles. The second kappa shape index (κ2) is 6.49. The molecule has 2 aromatic heterocycles. The molecule has 140 valence electrons. The minimum Gasteiger partial charge on any atom is -0.381 e. The van der Waals surface area contributed by atoms with Crippen molar-refractivity contribution < 1.29 is 9.53 Å². The Bertz CT molecular complexity index is 952. The van der Waals surface area contributed by atoms with Crippen LogP contribution in [0.4, 0.5) is 0 Å². The number of carbonyl (C=O) groups is 1. The van der Waals surface area contributed by atoms with Gasteiger partial charge in [-0.25, -0.2) is 0 Å². The maximum atomic E-state index is 13.1. The number of nitrogens with one attached hydrogen (secondary N) is 1. The van der Waals surface area contributed by atoms with Crippen molar-refractivity contribution in [3.8, 4) is 0 Å². The number of aromatic nitrogens is 4. The van der Waals surface area contributed by atoms with Gasteiger partial charge in [0.05, 0.1) is 12.6 Å². The summed E-state index contributed by atoms with van der Waals surface area (Å²) in [5.74, 6) is 2.34. The lowest BCUT2D eigenvalue weighted by Gasteiger charge is -2.33. The van der Waals surface area contributed by atoms with Crippen molar-refractivity contribution in [2.24, 2.45) is 0 Å². The lowest BCUT2D eigenvalue weighted by atomic mass is 9.99. The van der Waals surface area contributed by atoms with Crippen molar-refractivity contribution in [3.05, 3.63) is 47.7 Å². The number of carbonyl (C=O) groups excluding carboxylic acids is 1. The second-order valence-corrected chi connectivity index (χ2v) is 7.54. The maximum Gasteiger partial charge on any atom is 0.270 e. The van der Waals surface area contributed by atoms with Crippen LogP contribution in [0.25, 0.3) is 10.9 Å². The molecule has 0 radical (unpaired) electrons. The quantitative estimate of drug-likeness (QED) is 0.758. The average Bonchev–Trinajstić information content (AvgIpc) is 3.32. The molecule has 1 fully saturated rings. The number of H-pyrrole nitrogens is 1. The van der Waals surface area contributed by atoms with E-state index >= 15 is 0 Å². The van der Waals surface area contributed by atoms with Gasteiger partial charge in [-0.15, -0.1) is 10.2 Å². The minimum absolute atomic E-state index is 0.0138. The summed E-state index contributed by atoms with van der Waals surface area (Å²) in [5, 5.41) is 9.96. The van der Waals surface area contributed by atoms with Crippen molar-refractivity contribution >= 4 is 16.8 Å². The number of para-hydroxylation sites is 1. The van der Waals surface area contributed by atoms with E-state index in [1.54, 1.807) is 0 Å². The molecule has 7 heteroatoms. The van der Waals surface area contributed by atoms with Crippen LogP contribution < -0.4 is 0 Å². The van der Waals surface area contributed by atoms with Gasteiger partial charge < -0.3 is 19.2 Å². The van der Waals surface area contributed by atoms with E-state index in [1.807, 2.05) is 35.2 Å². The fourth-order valence-corrected chi connectivity index (χ4v) is 4.31. The number of benzene rings is 1. The fraction of sp³-hybridized carbons (Fsp3) is 0.450. The number of hydrogen-bond acceptors (Lipinski definition) is 4. The van der Waals surface area contributed by atoms with E-state index in [0.717, 1.165) is 48.6 Å². The standard InChI is InChI=1S/C20H23N5O2/c1-13-11-24(20(26)17-10-15-4-2-3-5-16(15)21-17)12-18-22-23-19(25(13)18)14-6-8-27-9-7-14/h2-5,10,13-14,21H,6-9,11-12H2,1H3/t13-/m0/s1. The molecule has 4 heterocycles. The van der Waals surface area contributed by atoms with Crippen LogP contribution in [0.5, 0.6) is 0 Å². The van der Waals surface area contributed by atoms with Gasteiger partial charge in [-0.1, -0.05) is 18.2 Å². The van der Waals surface area contributed by atoms with Crippen LogP contribution in [0.1, 0.15) is 53.9 Å². The van der Waals surface area contributed by atoms with Crippen LogP contribution in [-0.2, 0) is 11.3 Å². The van der Waals surface area contributed by atoms with Crippen molar-refractivity contribution in [1.82, 2.24) is 24.6 Å². The number of ether oxygens (including phenoxy) is 1. The van der Waals surface area contributed by atoms with Gasteiger partial charge in [-0.3, -0.25) is 4.79 Å². The zero-order valence-electron chi connectivity index (χ0n) is 15.4. The van der Waals surface area contributed by atoms with E-state index in [1.165, 1.54) is 0 Å². The molecular formula is C20H23N5O2. The van der Waals surface area contributed by atoms with Gasteiger partial charge in [0.1, 0.15) is 11.5 Å². The summed E-state index contributed by atoms with van der Waals surface area (Å²) in [5.41, 5.74) is 1.61. The molecule has 1 saturated heterocycles. The predicted octanol–water partition coefficient (Wildman–Crippen LogP) is 2.87. The molecule has 0 bridgehead atoms. The van der Waals surface area contributed by atoms with Crippen molar-refractivity contribution in [2.45, 2.75) is 38.3 Å². The Labute approximate surface area is 157 Å². The topological polar surface area (TPSA) is 76.0 Å². The highest BCUT2D eigenvalue weighted by atomic mass is 16.5. The van der Waals surface area contributed by atoms with E-state index in [-0.39, 0.29) is 11.9 Å². The van der Waals surface area contributed by atoms with Crippen LogP contribution in [0.3, 0.4) is 0 Å². The summed E-state index contributed by atoms with van der Waals surface area (Å²) in [6.45, 7) is 4.86. The molecule has 0 saturated carbocycles. The van der Waals surface area contributed by atoms with Gasteiger partial charge in [-0.2, -0.15) is 0 Å². The minimum atomic E-state index is 0.0138. The molecule has 27 heavy (non-hydrogen) atoms. The number of fused-ring (bicyclic) bond motifs is 2. The summed E-state index contributed by atoms with van der Waals surface area (Å²) in [6, 6.07) is 10.0. The number of hydrogen-bond donors (Lipinski definition) is 1. The fourth-order valence-electron chi connectivity index (χ4n) is 4.31. The van der Waals surface area contributed by atoms with Crippen LogP contribution >= 0.6 is 0 Å². The molecule has 1 aromatic carbocycles. The third kappa shape index (κ3) is 2.82. The van der Waals surface area contributed by atoms with Crippen molar-refractivity contribution in [2.75, 3.05) is 19.8 Å². The summed E-state index contributed by atoms with van der Waals surface area (Å²) in [6.07, 6.45) is 1.98. The summed E-state index contributed by atoms with van der Waals surface area (Å²) < 4.78 is 7.72. The Morgan fingerprint density at radius 2 is 2.04 bits per heavy atom. The monoisotopic (exact) mass is 365 g/mol. The first kappa shape index (κ1) is 16.5. The normalized spacial score (nSPS) is 20.8. The van der Waals surface area contributed by atoms with Gasteiger partial charge in [-0.05, 0) is 31.9 Å². The third-order valence-electron chi connectivity index (χ3n) is 5.68. The molecule has 7 nitrogen and oxygen atoms in total. The molecule has 1 N–H and O–H groups in total. The molecule has 0 spiro atoms. The Hall–Kier alpha value is -2.67. The van der Waals surface area contributed by atoms with E-state index in [0.29, 0.717) is 24.7 Å². The highest BCUT2D eigenvalue weighted by molar-refractivity contribution is 5.98. The highest BCUT2D eigenvalue weighted by Gasteiger charge is 2.32. The Kier molecular flexibility index (Phi) is 3.97. The SMILES string of the molecule is C[C@H]1CN(C(=O)c2cc3ccccc3[nH]2)Cc2nnc(C3CCOCC3)n21. The predicted molar refractivity (Wildman–Crippen MR) is 101 cm³/mol. The summed E-state index contributed by atoms with van der Waals surface area (Å²) >= 11 is 0. The number of amides is 1. The molecule has 0 unspecified atom stereocenters.